The number of aromatic nitrogens is 1. The second kappa shape index (κ2) is 8.42. The van der Waals surface area contributed by atoms with Gasteiger partial charge in [-0.25, -0.2) is 8.78 Å². The molecule has 4 nitrogen and oxygen atoms in total. The van der Waals surface area contributed by atoms with Gasteiger partial charge in [-0.3, -0.25) is 4.79 Å². The number of nitrogens with zero attached hydrogens (tertiary/aromatic N) is 2. The second-order valence-electron chi connectivity index (χ2n) is 10.8. The van der Waals surface area contributed by atoms with Crippen molar-refractivity contribution in [1.82, 2.24) is 4.57 Å². The average molecular weight is 473 g/mol. The van der Waals surface area contributed by atoms with E-state index in [4.69, 9.17) is 9.73 Å². The molecule has 176 valence electrons. The van der Waals surface area contributed by atoms with Crippen molar-refractivity contribution in [2.24, 2.45) is 28.2 Å². The molecular weight excluding hydrogens is 442 g/mol. The lowest BCUT2D eigenvalue weighted by Crippen LogP contribution is -2.50. The van der Waals surface area contributed by atoms with E-state index in [2.05, 4.69) is 0 Å². The van der Waals surface area contributed by atoms with Gasteiger partial charge in [0.15, 0.2) is 4.80 Å². The monoisotopic (exact) mass is 472 g/mol. The summed E-state index contributed by atoms with van der Waals surface area (Å²) in [5, 5.41) is 0. The maximum atomic E-state index is 14.5. The van der Waals surface area contributed by atoms with Gasteiger partial charge in [-0.05, 0) is 87.7 Å². The van der Waals surface area contributed by atoms with Crippen LogP contribution in [0.2, 0.25) is 0 Å². The molecule has 1 atom stereocenters. The highest BCUT2D eigenvalue weighted by Crippen LogP contribution is 2.60. The number of amides is 1. The maximum Gasteiger partial charge on any atom is 0.254 e. The summed E-state index contributed by atoms with van der Waals surface area (Å²) >= 11 is 1.31. The van der Waals surface area contributed by atoms with E-state index in [-0.39, 0.29) is 17.4 Å². The van der Waals surface area contributed by atoms with Gasteiger partial charge < -0.3 is 9.30 Å². The Morgan fingerprint density at radius 1 is 1.12 bits per heavy atom. The summed E-state index contributed by atoms with van der Waals surface area (Å²) in [4.78, 5) is 19.6. The van der Waals surface area contributed by atoms with Crippen molar-refractivity contribution < 1.29 is 18.3 Å². The third kappa shape index (κ3) is 4.12. The third-order valence-electron chi connectivity index (χ3n) is 8.28. The first kappa shape index (κ1) is 21.7. The van der Waals surface area contributed by atoms with Crippen molar-refractivity contribution in [2.75, 3.05) is 6.61 Å². The van der Waals surface area contributed by atoms with Gasteiger partial charge in [0, 0.05) is 24.4 Å². The molecule has 4 saturated carbocycles. The van der Waals surface area contributed by atoms with Gasteiger partial charge in [0.25, 0.3) is 5.91 Å². The van der Waals surface area contributed by atoms with Gasteiger partial charge in [0.2, 0.25) is 0 Å². The lowest BCUT2D eigenvalue weighted by Gasteiger charge is -2.55. The van der Waals surface area contributed by atoms with E-state index in [1.165, 1.54) is 42.7 Å². The number of thiazole rings is 1. The highest BCUT2D eigenvalue weighted by atomic mass is 32.1. The zero-order valence-electron chi connectivity index (χ0n) is 18.8. The molecule has 2 aromatic rings. The SMILES string of the molecule is O=C(/N=c1\sc(-c2ccc(F)cc2F)cn1CC1CCCCO1)C12CC3CC(CC(C3)C1)C2. The average Bonchev–Trinajstić information content (AvgIpc) is 3.15. The molecule has 7 heteroatoms. The van der Waals surface area contributed by atoms with Crippen LogP contribution in [-0.4, -0.2) is 23.2 Å². The minimum atomic E-state index is -0.601. The van der Waals surface area contributed by atoms with E-state index in [1.54, 1.807) is 0 Å². The molecule has 4 aliphatic carbocycles. The van der Waals surface area contributed by atoms with Gasteiger partial charge >= 0.3 is 0 Å². The molecule has 2 heterocycles. The second-order valence-corrected chi connectivity index (χ2v) is 11.8. The molecule has 0 radical (unpaired) electrons. The van der Waals surface area contributed by atoms with E-state index in [0.29, 0.717) is 39.5 Å². The van der Waals surface area contributed by atoms with Crippen LogP contribution < -0.4 is 4.80 Å². The van der Waals surface area contributed by atoms with Crippen LogP contribution in [0.1, 0.15) is 57.8 Å². The molecule has 1 aromatic heterocycles. The summed E-state index contributed by atoms with van der Waals surface area (Å²) in [6.07, 6.45) is 11.8. The summed E-state index contributed by atoms with van der Waals surface area (Å²) in [7, 11) is 0. The molecule has 1 unspecified atom stereocenters. The molecule has 4 bridgehead atoms. The Morgan fingerprint density at radius 2 is 1.85 bits per heavy atom. The fraction of sp³-hybridized carbons (Fsp3) is 0.615. The van der Waals surface area contributed by atoms with E-state index in [9.17, 15) is 13.6 Å². The zero-order chi connectivity index (χ0) is 22.6. The van der Waals surface area contributed by atoms with Crippen LogP contribution in [0.3, 0.4) is 0 Å². The van der Waals surface area contributed by atoms with Gasteiger partial charge in [-0.15, -0.1) is 0 Å². The number of rotatable bonds is 4. The standard InChI is InChI=1S/C26H30F2N2O2S/c27-19-4-5-21(22(28)10-19)23-15-30(14-20-3-1-2-6-32-20)25(33-23)29-24(31)26-11-16-7-17(12-26)9-18(8-16)13-26/h4-5,10,15-18,20H,1-3,6-9,11-14H2/b29-25-. The van der Waals surface area contributed by atoms with Crippen LogP contribution in [0, 0.1) is 34.8 Å². The summed E-state index contributed by atoms with van der Waals surface area (Å²) in [5.74, 6) is 0.823. The van der Waals surface area contributed by atoms with Crippen LogP contribution in [0.5, 0.6) is 0 Å². The van der Waals surface area contributed by atoms with Gasteiger partial charge in [0.05, 0.1) is 22.9 Å². The first-order valence-electron chi connectivity index (χ1n) is 12.3. The minimum absolute atomic E-state index is 0.00731. The highest BCUT2D eigenvalue weighted by Gasteiger charge is 2.54. The molecule has 1 amide bonds. The van der Waals surface area contributed by atoms with Crippen LogP contribution in [0.25, 0.3) is 10.4 Å². The Balaban J connectivity index is 1.37. The molecule has 1 saturated heterocycles. The molecule has 5 aliphatic rings. The topological polar surface area (TPSA) is 43.6 Å². The molecular formula is C26H30F2N2O2S. The minimum Gasteiger partial charge on any atom is -0.376 e. The fourth-order valence-corrected chi connectivity index (χ4v) is 8.19. The van der Waals surface area contributed by atoms with Crippen molar-refractivity contribution in [3.8, 4) is 10.4 Å². The Hall–Kier alpha value is -1.86. The summed E-state index contributed by atoms with van der Waals surface area (Å²) in [5.41, 5.74) is 0.0301. The Bertz CT molecular complexity index is 1100. The molecule has 1 aliphatic heterocycles. The molecule has 33 heavy (non-hydrogen) atoms. The molecule has 0 N–H and O–H groups in total. The van der Waals surface area contributed by atoms with E-state index in [1.807, 2.05) is 10.8 Å². The van der Waals surface area contributed by atoms with Crippen molar-refractivity contribution in [3.63, 3.8) is 0 Å². The molecule has 1 aromatic carbocycles. The number of hydrogen-bond donors (Lipinski definition) is 0. The van der Waals surface area contributed by atoms with Crippen LogP contribution in [0.4, 0.5) is 8.78 Å². The largest absolute Gasteiger partial charge is 0.376 e. The number of hydrogen-bond acceptors (Lipinski definition) is 3. The Morgan fingerprint density at radius 3 is 2.48 bits per heavy atom. The number of carbonyl (C=O) groups excluding carboxylic acids is 1. The molecule has 7 rings (SSSR count). The quantitative estimate of drug-likeness (QED) is 0.572. The van der Waals surface area contributed by atoms with Gasteiger partial charge in [-0.1, -0.05) is 11.3 Å². The predicted octanol–water partition coefficient (Wildman–Crippen LogP) is 5.71. The summed E-state index contributed by atoms with van der Waals surface area (Å²) in [6.45, 7) is 1.33. The van der Waals surface area contributed by atoms with Gasteiger partial charge in [0.1, 0.15) is 11.6 Å². The zero-order valence-corrected chi connectivity index (χ0v) is 19.6. The van der Waals surface area contributed by atoms with Gasteiger partial charge in [-0.2, -0.15) is 4.99 Å². The number of halogens is 2. The number of benzene rings is 1. The van der Waals surface area contributed by atoms with Crippen molar-refractivity contribution >= 4 is 17.2 Å². The molecule has 5 fully saturated rings. The van der Waals surface area contributed by atoms with Crippen LogP contribution in [0.15, 0.2) is 29.4 Å². The van der Waals surface area contributed by atoms with Crippen molar-refractivity contribution in [3.05, 3.63) is 40.8 Å². The lowest BCUT2D eigenvalue weighted by atomic mass is 9.49. The summed E-state index contributed by atoms with van der Waals surface area (Å²) < 4.78 is 35.9. The predicted molar refractivity (Wildman–Crippen MR) is 122 cm³/mol. The Labute approximate surface area is 196 Å². The number of carbonyl (C=O) groups is 1. The van der Waals surface area contributed by atoms with Crippen LogP contribution >= 0.6 is 11.3 Å². The first-order chi connectivity index (χ1) is 16.0. The van der Waals surface area contributed by atoms with E-state index < -0.39 is 11.6 Å². The first-order valence-corrected chi connectivity index (χ1v) is 13.2. The highest BCUT2D eigenvalue weighted by molar-refractivity contribution is 7.12. The van der Waals surface area contributed by atoms with Crippen molar-refractivity contribution in [2.45, 2.75) is 70.4 Å². The lowest BCUT2D eigenvalue weighted by molar-refractivity contribution is -0.142. The van der Waals surface area contributed by atoms with Crippen molar-refractivity contribution in [1.29, 1.82) is 0 Å². The van der Waals surface area contributed by atoms with E-state index >= 15 is 0 Å². The molecule has 0 spiro atoms. The summed E-state index contributed by atoms with van der Waals surface area (Å²) in [6, 6.07) is 3.63. The normalized spacial score (nSPS) is 33.6. The fourth-order valence-electron chi connectivity index (χ4n) is 7.16. The smallest absolute Gasteiger partial charge is 0.254 e. The van der Waals surface area contributed by atoms with Crippen LogP contribution in [-0.2, 0) is 16.1 Å². The Kier molecular flexibility index (Phi) is 5.52. The number of ether oxygens (including phenoxy) is 1. The third-order valence-corrected chi connectivity index (χ3v) is 9.33. The van der Waals surface area contributed by atoms with E-state index in [0.717, 1.165) is 51.2 Å². The maximum absolute atomic E-state index is 14.5.